The van der Waals surface area contributed by atoms with Gasteiger partial charge in [-0.2, -0.15) is 0 Å². The molecule has 4 heteroatoms. The number of allylic oxidation sites excluding steroid dienone is 1. The number of carbonyl (C=O) groups excluding carboxylic acids is 2. The van der Waals surface area contributed by atoms with E-state index >= 15 is 0 Å². The number of rotatable bonds is 10. The van der Waals surface area contributed by atoms with Crippen molar-refractivity contribution in [2.45, 2.75) is 27.2 Å². The minimum atomic E-state index is 0.0105. The van der Waals surface area contributed by atoms with E-state index in [1.807, 2.05) is 91.3 Å². The molecule has 0 saturated carbocycles. The van der Waals surface area contributed by atoms with Gasteiger partial charge in [-0.15, -0.1) is 0 Å². The lowest BCUT2D eigenvalue weighted by atomic mass is 10.0. The van der Waals surface area contributed by atoms with Crippen LogP contribution >= 0.6 is 0 Å². The van der Waals surface area contributed by atoms with Gasteiger partial charge >= 0.3 is 0 Å². The van der Waals surface area contributed by atoms with Crippen molar-refractivity contribution >= 4 is 24.0 Å². The summed E-state index contributed by atoms with van der Waals surface area (Å²) in [7, 11) is 0. The largest absolute Gasteiger partial charge is 0.339 e. The van der Waals surface area contributed by atoms with Crippen LogP contribution in [0.25, 0.3) is 12.2 Å². The van der Waals surface area contributed by atoms with Crippen molar-refractivity contribution < 1.29 is 9.59 Å². The van der Waals surface area contributed by atoms with Crippen molar-refractivity contribution in [3.05, 3.63) is 83.4 Å². The summed E-state index contributed by atoms with van der Waals surface area (Å²) in [5, 5.41) is 0. The van der Waals surface area contributed by atoms with E-state index in [9.17, 15) is 9.59 Å². The third-order valence-corrected chi connectivity index (χ3v) is 5.11. The van der Waals surface area contributed by atoms with Crippen LogP contribution in [0.3, 0.4) is 0 Å². The van der Waals surface area contributed by atoms with Gasteiger partial charge in [0, 0.05) is 37.3 Å². The smallest absolute Gasteiger partial charge is 0.253 e. The zero-order valence-electron chi connectivity index (χ0n) is 18.3. The van der Waals surface area contributed by atoms with Gasteiger partial charge in [-0.25, -0.2) is 0 Å². The van der Waals surface area contributed by atoms with Gasteiger partial charge in [0.1, 0.15) is 0 Å². The Morgan fingerprint density at radius 3 is 2.00 bits per heavy atom. The Bertz CT molecular complexity index is 887. The van der Waals surface area contributed by atoms with Crippen LogP contribution in [0, 0.1) is 0 Å². The predicted molar refractivity (Wildman–Crippen MR) is 125 cm³/mol. The average Bonchev–Trinajstić information content (AvgIpc) is 2.79. The van der Waals surface area contributed by atoms with Crippen LogP contribution in [0.2, 0.25) is 0 Å². The highest BCUT2D eigenvalue weighted by Crippen LogP contribution is 2.17. The summed E-state index contributed by atoms with van der Waals surface area (Å²) in [4.78, 5) is 29.4. The number of hydrogen-bond donors (Lipinski definition) is 0. The molecule has 2 rings (SSSR count). The molecule has 0 N–H and O–H groups in total. The Kier molecular flexibility index (Phi) is 9.07. The first-order valence-electron chi connectivity index (χ1n) is 10.6. The number of hydrogen-bond acceptors (Lipinski definition) is 2. The van der Waals surface area contributed by atoms with Gasteiger partial charge in [-0.1, -0.05) is 49.1 Å². The molecule has 30 heavy (non-hydrogen) atoms. The molecule has 0 aliphatic carbocycles. The topological polar surface area (TPSA) is 40.6 Å². The second-order valence-electron chi connectivity index (χ2n) is 7.04. The first-order chi connectivity index (χ1) is 14.5. The lowest BCUT2D eigenvalue weighted by Gasteiger charge is -2.25. The summed E-state index contributed by atoms with van der Waals surface area (Å²) in [6, 6.07) is 15.0. The lowest BCUT2D eigenvalue weighted by Crippen LogP contribution is -2.36. The Morgan fingerprint density at radius 2 is 1.47 bits per heavy atom. The van der Waals surface area contributed by atoms with Gasteiger partial charge in [0.2, 0.25) is 0 Å². The number of benzene rings is 2. The van der Waals surface area contributed by atoms with Gasteiger partial charge < -0.3 is 9.80 Å². The van der Waals surface area contributed by atoms with Crippen molar-refractivity contribution in [3.8, 4) is 0 Å². The fraction of sp³-hybridized carbons (Fsp3) is 0.308. The normalized spacial score (nSPS) is 10.8. The second kappa shape index (κ2) is 11.8. The summed E-state index contributed by atoms with van der Waals surface area (Å²) in [6.07, 6.45) is 6.47. The van der Waals surface area contributed by atoms with E-state index in [2.05, 4.69) is 6.58 Å². The summed E-state index contributed by atoms with van der Waals surface area (Å²) < 4.78 is 0. The summed E-state index contributed by atoms with van der Waals surface area (Å²) in [5.74, 6) is 0.0415. The van der Waals surface area contributed by atoms with E-state index in [0.717, 1.165) is 17.5 Å². The van der Waals surface area contributed by atoms with Crippen LogP contribution in [0.15, 0.2) is 61.2 Å². The maximum atomic E-state index is 13.0. The fourth-order valence-electron chi connectivity index (χ4n) is 3.42. The maximum Gasteiger partial charge on any atom is 0.253 e. The Balaban J connectivity index is 2.02. The molecule has 0 unspecified atom stereocenters. The van der Waals surface area contributed by atoms with E-state index in [4.69, 9.17) is 0 Å². The van der Waals surface area contributed by atoms with Gasteiger partial charge in [0.05, 0.1) is 0 Å². The predicted octanol–water partition coefficient (Wildman–Crippen LogP) is 5.38. The molecule has 0 fully saturated rings. The third kappa shape index (κ3) is 5.93. The molecule has 0 aliphatic rings. The van der Waals surface area contributed by atoms with E-state index in [1.54, 1.807) is 6.08 Å². The minimum absolute atomic E-state index is 0.0105. The van der Waals surface area contributed by atoms with Crippen molar-refractivity contribution in [1.82, 2.24) is 9.80 Å². The highest BCUT2D eigenvalue weighted by molar-refractivity contribution is 5.95. The van der Waals surface area contributed by atoms with Crippen LogP contribution in [-0.2, 0) is 0 Å². The standard InChI is InChI=1S/C26H32N2O2/c1-5-13-23-20-24(17-16-21(23)6-2)26(30)28(8-4)19-12-18-27(7-3)25(29)22-14-10-9-11-15-22/h5-6,9-11,13-17,20H,2,7-8,12,18-19H2,1,3-4H3/b13-5-. The number of carbonyl (C=O) groups is 2. The Hall–Kier alpha value is -3.14. The lowest BCUT2D eigenvalue weighted by molar-refractivity contribution is 0.0727. The molecule has 0 aliphatic heterocycles. The van der Waals surface area contributed by atoms with E-state index in [-0.39, 0.29) is 11.8 Å². The second-order valence-corrected chi connectivity index (χ2v) is 7.04. The minimum Gasteiger partial charge on any atom is -0.339 e. The molecule has 158 valence electrons. The molecule has 0 bridgehead atoms. The first-order valence-corrected chi connectivity index (χ1v) is 10.6. The van der Waals surface area contributed by atoms with Gasteiger partial charge in [0.15, 0.2) is 0 Å². The summed E-state index contributed by atoms with van der Waals surface area (Å²) in [6.45, 7) is 12.2. The molecule has 0 spiro atoms. The monoisotopic (exact) mass is 404 g/mol. The van der Waals surface area contributed by atoms with Crippen molar-refractivity contribution in [2.24, 2.45) is 0 Å². The fourth-order valence-corrected chi connectivity index (χ4v) is 3.42. The van der Waals surface area contributed by atoms with Crippen molar-refractivity contribution in [1.29, 1.82) is 0 Å². The Labute approximate surface area is 180 Å². The molecule has 4 nitrogen and oxygen atoms in total. The number of nitrogens with zero attached hydrogens (tertiary/aromatic N) is 2. The molecular weight excluding hydrogens is 372 g/mol. The average molecular weight is 405 g/mol. The van der Waals surface area contributed by atoms with Crippen molar-refractivity contribution in [2.75, 3.05) is 26.2 Å². The van der Waals surface area contributed by atoms with E-state index in [1.165, 1.54) is 0 Å². The van der Waals surface area contributed by atoms with Crippen LogP contribution in [0.4, 0.5) is 0 Å². The molecule has 2 aromatic carbocycles. The van der Waals surface area contributed by atoms with Crippen LogP contribution < -0.4 is 0 Å². The number of amides is 2. The summed E-state index contributed by atoms with van der Waals surface area (Å²) >= 11 is 0. The molecule has 2 aromatic rings. The molecule has 2 amide bonds. The molecule has 0 radical (unpaired) electrons. The molecule has 0 heterocycles. The quantitative estimate of drug-likeness (QED) is 0.534. The summed E-state index contributed by atoms with van der Waals surface area (Å²) in [5.41, 5.74) is 3.36. The third-order valence-electron chi connectivity index (χ3n) is 5.11. The molecule has 0 aromatic heterocycles. The molecule has 0 atom stereocenters. The van der Waals surface area contributed by atoms with Crippen LogP contribution in [0.1, 0.15) is 59.0 Å². The Morgan fingerprint density at radius 1 is 0.867 bits per heavy atom. The van der Waals surface area contributed by atoms with Crippen LogP contribution in [0.5, 0.6) is 0 Å². The van der Waals surface area contributed by atoms with E-state index in [0.29, 0.717) is 37.3 Å². The van der Waals surface area contributed by atoms with Crippen LogP contribution in [-0.4, -0.2) is 47.8 Å². The molecule has 0 saturated heterocycles. The zero-order valence-corrected chi connectivity index (χ0v) is 18.3. The van der Waals surface area contributed by atoms with Gasteiger partial charge in [-0.3, -0.25) is 9.59 Å². The highest BCUT2D eigenvalue weighted by atomic mass is 16.2. The zero-order chi connectivity index (χ0) is 21.9. The highest BCUT2D eigenvalue weighted by Gasteiger charge is 2.17. The SMILES string of the molecule is C=Cc1ccc(C(=O)N(CC)CCCN(CC)C(=O)c2ccccc2)cc1/C=C\C. The van der Waals surface area contributed by atoms with Crippen molar-refractivity contribution in [3.63, 3.8) is 0 Å². The van der Waals surface area contributed by atoms with E-state index < -0.39 is 0 Å². The molecular formula is C26H32N2O2. The first kappa shape index (κ1) is 23.1. The van der Waals surface area contributed by atoms with Gasteiger partial charge in [-0.05, 0) is 62.6 Å². The maximum absolute atomic E-state index is 13.0. The van der Waals surface area contributed by atoms with Gasteiger partial charge in [0.25, 0.3) is 11.8 Å².